The van der Waals surface area contributed by atoms with Crippen LogP contribution in [0.1, 0.15) is 57.4 Å². The number of ether oxygens (including phenoxy) is 1. The van der Waals surface area contributed by atoms with E-state index in [0.717, 1.165) is 5.56 Å². The van der Waals surface area contributed by atoms with Gasteiger partial charge in [0.2, 0.25) is 0 Å². The summed E-state index contributed by atoms with van der Waals surface area (Å²) < 4.78 is 4.82. The van der Waals surface area contributed by atoms with Crippen molar-refractivity contribution < 1.29 is 19.1 Å². The SMILES string of the molecule is COC(=O)c1ccc(C(=O)Nc2cc(Cl)ccc2Cl)cc1NC(=O)c1ccc(C(C)(C)C)cc1. The molecule has 3 aromatic rings. The maximum absolute atomic E-state index is 12.9. The van der Waals surface area contributed by atoms with Gasteiger partial charge in [-0.25, -0.2) is 4.79 Å². The van der Waals surface area contributed by atoms with E-state index in [1.54, 1.807) is 24.3 Å². The predicted octanol–water partition coefficient (Wildman–Crippen LogP) is 6.58. The van der Waals surface area contributed by atoms with E-state index in [0.29, 0.717) is 21.3 Å². The molecule has 0 saturated carbocycles. The molecule has 0 bridgehead atoms. The predicted molar refractivity (Wildman–Crippen MR) is 135 cm³/mol. The first-order valence-electron chi connectivity index (χ1n) is 10.4. The zero-order valence-corrected chi connectivity index (χ0v) is 20.7. The van der Waals surface area contributed by atoms with Crippen LogP contribution in [0.15, 0.2) is 60.7 Å². The van der Waals surface area contributed by atoms with Gasteiger partial charge in [-0.15, -0.1) is 0 Å². The summed E-state index contributed by atoms with van der Waals surface area (Å²) in [6, 6.07) is 16.2. The van der Waals surface area contributed by atoms with Crippen LogP contribution in [0.2, 0.25) is 10.0 Å². The number of hydrogen-bond acceptors (Lipinski definition) is 4. The molecular formula is C26H24Cl2N2O4. The molecule has 0 aliphatic rings. The first-order valence-corrected chi connectivity index (χ1v) is 11.2. The Morgan fingerprint density at radius 2 is 1.35 bits per heavy atom. The topological polar surface area (TPSA) is 84.5 Å². The Labute approximate surface area is 208 Å². The first-order chi connectivity index (χ1) is 16.0. The Bertz CT molecular complexity index is 1250. The number of methoxy groups -OCH3 is 1. The number of nitrogens with one attached hydrogen (secondary N) is 2. The van der Waals surface area contributed by atoms with Crippen LogP contribution in [0.5, 0.6) is 0 Å². The van der Waals surface area contributed by atoms with Crippen molar-refractivity contribution in [3.63, 3.8) is 0 Å². The Morgan fingerprint density at radius 3 is 1.97 bits per heavy atom. The molecule has 0 unspecified atom stereocenters. The van der Waals surface area contributed by atoms with E-state index in [9.17, 15) is 14.4 Å². The maximum Gasteiger partial charge on any atom is 0.339 e. The van der Waals surface area contributed by atoms with Gasteiger partial charge in [0.05, 0.1) is 29.1 Å². The van der Waals surface area contributed by atoms with Crippen molar-refractivity contribution in [1.82, 2.24) is 0 Å². The molecular weight excluding hydrogens is 475 g/mol. The van der Waals surface area contributed by atoms with Crippen molar-refractivity contribution in [1.29, 1.82) is 0 Å². The number of hydrogen-bond donors (Lipinski definition) is 2. The first kappa shape index (κ1) is 25.3. The number of halogens is 2. The Kier molecular flexibility index (Phi) is 7.64. The van der Waals surface area contributed by atoms with E-state index in [-0.39, 0.29) is 22.2 Å². The number of esters is 1. The Morgan fingerprint density at radius 1 is 0.765 bits per heavy atom. The van der Waals surface area contributed by atoms with Gasteiger partial charge in [0.15, 0.2) is 0 Å². The van der Waals surface area contributed by atoms with E-state index in [1.807, 2.05) is 12.1 Å². The van der Waals surface area contributed by atoms with Crippen LogP contribution in [-0.4, -0.2) is 24.9 Å². The molecule has 0 aliphatic carbocycles. The van der Waals surface area contributed by atoms with E-state index in [1.165, 1.54) is 31.4 Å². The van der Waals surface area contributed by atoms with Crippen molar-refractivity contribution in [2.24, 2.45) is 0 Å². The Balaban J connectivity index is 1.89. The minimum absolute atomic E-state index is 0.0549. The van der Waals surface area contributed by atoms with Crippen LogP contribution in [0.4, 0.5) is 11.4 Å². The van der Waals surface area contributed by atoms with Crippen molar-refractivity contribution in [2.45, 2.75) is 26.2 Å². The number of rotatable bonds is 5. The summed E-state index contributed by atoms with van der Waals surface area (Å²) in [7, 11) is 1.24. The van der Waals surface area contributed by atoms with E-state index in [2.05, 4.69) is 31.4 Å². The number of amides is 2. The minimum atomic E-state index is -0.650. The van der Waals surface area contributed by atoms with Crippen LogP contribution in [0, 0.1) is 0 Å². The van der Waals surface area contributed by atoms with E-state index >= 15 is 0 Å². The van der Waals surface area contributed by atoms with E-state index < -0.39 is 17.8 Å². The summed E-state index contributed by atoms with van der Waals surface area (Å²) in [4.78, 5) is 38.0. The van der Waals surface area contributed by atoms with Crippen LogP contribution in [0.3, 0.4) is 0 Å². The van der Waals surface area contributed by atoms with Crippen molar-refractivity contribution >= 4 is 52.4 Å². The third kappa shape index (κ3) is 5.95. The van der Waals surface area contributed by atoms with Gasteiger partial charge in [0.25, 0.3) is 11.8 Å². The molecule has 2 N–H and O–H groups in total. The summed E-state index contributed by atoms with van der Waals surface area (Å²) in [5, 5.41) is 6.12. The summed E-state index contributed by atoms with van der Waals surface area (Å²) in [5.74, 6) is -1.57. The van der Waals surface area contributed by atoms with Crippen LogP contribution in [-0.2, 0) is 10.2 Å². The number of benzene rings is 3. The average Bonchev–Trinajstić information content (AvgIpc) is 2.80. The highest BCUT2D eigenvalue weighted by atomic mass is 35.5. The van der Waals surface area contributed by atoms with Gasteiger partial charge in [-0.05, 0) is 59.5 Å². The quantitative estimate of drug-likeness (QED) is 0.389. The molecule has 0 aliphatic heterocycles. The fourth-order valence-corrected chi connectivity index (χ4v) is 3.52. The molecule has 8 heteroatoms. The second-order valence-corrected chi connectivity index (χ2v) is 9.46. The zero-order valence-electron chi connectivity index (χ0n) is 19.2. The monoisotopic (exact) mass is 498 g/mol. The molecule has 0 aromatic heterocycles. The van der Waals surface area contributed by atoms with Gasteiger partial charge in [-0.3, -0.25) is 9.59 Å². The van der Waals surface area contributed by atoms with Crippen molar-refractivity contribution in [3.8, 4) is 0 Å². The number of anilines is 2. The minimum Gasteiger partial charge on any atom is -0.465 e. The van der Waals surface area contributed by atoms with Gasteiger partial charge in [-0.1, -0.05) is 56.1 Å². The molecule has 34 heavy (non-hydrogen) atoms. The molecule has 0 saturated heterocycles. The highest BCUT2D eigenvalue weighted by molar-refractivity contribution is 6.36. The smallest absolute Gasteiger partial charge is 0.339 e. The van der Waals surface area contributed by atoms with E-state index in [4.69, 9.17) is 27.9 Å². The molecule has 3 rings (SSSR count). The lowest BCUT2D eigenvalue weighted by Crippen LogP contribution is -2.18. The second kappa shape index (κ2) is 10.3. The standard InChI is InChI=1S/C26H24Cl2N2O4/c1-26(2,3)17-8-5-15(6-9-17)23(31)29-21-13-16(7-11-19(21)25(33)34-4)24(32)30-22-14-18(27)10-12-20(22)28/h5-14H,1-4H3,(H,29,31)(H,30,32). The van der Waals surface area contributed by atoms with Crippen molar-refractivity contribution in [2.75, 3.05) is 17.7 Å². The van der Waals surface area contributed by atoms with Crippen molar-refractivity contribution in [3.05, 3.63) is 93.0 Å². The molecule has 0 spiro atoms. The Hall–Kier alpha value is -3.35. The molecule has 0 heterocycles. The molecule has 2 amide bonds. The molecule has 0 fully saturated rings. The van der Waals surface area contributed by atoms with Gasteiger partial charge in [0.1, 0.15) is 0 Å². The zero-order chi connectivity index (χ0) is 25.0. The lowest BCUT2D eigenvalue weighted by atomic mass is 9.86. The molecule has 3 aromatic carbocycles. The largest absolute Gasteiger partial charge is 0.465 e. The highest BCUT2D eigenvalue weighted by Crippen LogP contribution is 2.27. The molecule has 0 radical (unpaired) electrons. The lowest BCUT2D eigenvalue weighted by molar-refractivity contribution is 0.0601. The highest BCUT2D eigenvalue weighted by Gasteiger charge is 2.19. The van der Waals surface area contributed by atoms with Crippen LogP contribution < -0.4 is 10.6 Å². The normalized spacial score (nSPS) is 11.0. The van der Waals surface area contributed by atoms with Crippen LogP contribution >= 0.6 is 23.2 Å². The summed E-state index contributed by atoms with van der Waals surface area (Å²) in [6.07, 6.45) is 0. The molecule has 176 valence electrons. The third-order valence-corrected chi connectivity index (χ3v) is 5.69. The number of carbonyl (C=O) groups is 3. The lowest BCUT2D eigenvalue weighted by Gasteiger charge is -2.19. The fraction of sp³-hybridized carbons (Fsp3) is 0.192. The molecule has 6 nitrogen and oxygen atoms in total. The summed E-state index contributed by atoms with van der Waals surface area (Å²) >= 11 is 12.1. The average molecular weight is 499 g/mol. The van der Waals surface area contributed by atoms with Gasteiger partial charge >= 0.3 is 5.97 Å². The van der Waals surface area contributed by atoms with Crippen LogP contribution in [0.25, 0.3) is 0 Å². The summed E-state index contributed by atoms with van der Waals surface area (Å²) in [6.45, 7) is 6.24. The molecule has 0 atom stereocenters. The second-order valence-electron chi connectivity index (χ2n) is 8.61. The van der Waals surface area contributed by atoms with Gasteiger partial charge < -0.3 is 15.4 Å². The fourth-order valence-electron chi connectivity index (χ4n) is 3.18. The maximum atomic E-state index is 12.9. The summed E-state index contributed by atoms with van der Waals surface area (Å²) in [5.41, 5.74) is 2.21. The van der Waals surface area contributed by atoms with Gasteiger partial charge in [-0.2, -0.15) is 0 Å². The van der Waals surface area contributed by atoms with Gasteiger partial charge in [0, 0.05) is 16.1 Å². The third-order valence-electron chi connectivity index (χ3n) is 5.12. The number of carbonyl (C=O) groups excluding carboxylic acids is 3.